The van der Waals surface area contributed by atoms with Crippen molar-refractivity contribution in [1.82, 2.24) is 19.8 Å². The highest BCUT2D eigenvalue weighted by atomic mass is 16.5. The molecule has 196 valence electrons. The molecule has 11 heteroatoms. The summed E-state index contributed by atoms with van der Waals surface area (Å²) in [4.78, 5) is 42.9. The number of rotatable bonds is 11. The second-order valence-electron chi connectivity index (χ2n) is 9.31. The molecule has 0 saturated heterocycles. The minimum atomic E-state index is -0.853. The Kier molecular flexibility index (Phi) is 9.15. The van der Waals surface area contributed by atoms with Crippen LogP contribution in [0.4, 0.5) is 0 Å². The smallest absolute Gasteiger partial charge is 0.277 e. The van der Waals surface area contributed by atoms with Crippen molar-refractivity contribution in [3.63, 3.8) is 0 Å². The Hall–Kier alpha value is -2.63. The van der Waals surface area contributed by atoms with E-state index in [1.54, 1.807) is 19.2 Å². The van der Waals surface area contributed by atoms with Crippen molar-refractivity contribution in [3.8, 4) is 5.75 Å². The molecule has 35 heavy (non-hydrogen) atoms. The lowest BCUT2D eigenvalue weighted by atomic mass is 9.80. The third kappa shape index (κ3) is 5.62. The van der Waals surface area contributed by atoms with Crippen LogP contribution in [0.3, 0.4) is 0 Å². The van der Waals surface area contributed by atoms with Gasteiger partial charge in [0, 0.05) is 52.6 Å². The fourth-order valence-corrected chi connectivity index (χ4v) is 5.21. The lowest BCUT2D eigenvalue weighted by Gasteiger charge is -2.46. The summed E-state index contributed by atoms with van der Waals surface area (Å²) in [6, 6.07) is 0. The van der Waals surface area contributed by atoms with Gasteiger partial charge in [0.05, 0.1) is 13.2 Å². The number of nitrogens with one attached hydrogen (secondary N) is 1. The SMILES string of the molecule is CCN(CCOC)C1(CNC(=O)c2cn3c(c(O)c2=O)C(=O)N(CCOC)CN3C)CCCCC1. The Balaban J connectivity index is 1.84. The molecule has 1 aliphatic carbocycles. The molecule has 1 aliphatic heterocycles. The van der Waals surface area contributed by atoms with Gasteiger partial charge < -0.3 is 24.8 Å². The zero-order valence-electron chi connectivity index (χ0n) is 21.3. The van der Waals surface area contributed by atoms with Gasteiger partial charge in [-0.2, -0.15) is 0 Å². The van der Waals surface area contributed by atoms with Crippen LogP contribution in [0.5, 0.6) is 5.75 Å². The van der Waals surface area contributed by atoms with E-state index < -0.39 is 23.0 Å². The predicted octanol–water partition coefficient (Wildman–Crippen LogP) is 0.582. The minimum Gasteiger partial charge on any atom is -0.502 e. The van der Waals surface area contributed by atoms with E-state index in [1.807, 2.05) is 0 Å². The first-order valence-corrected chi connectivity index (χ1v) is 12.3. The molecule has 0 unspecified atom stereocenters. The molecule has 1 saturated carbocycles. The summed E-state index contributed by atoms with van der Waals surface area (Å²) < 4.78 is 11.7. The van der Waals surface area contributed by atoms with E-state index in [0.29, 0.717) is 26.3 Å². The molecule has 3 rings (SSSR count). The number of aromatic nitrogens is 1. The van der Waals surface area contributed by atoms with Crippen LogP contribution in [0, 0.1) is 0 Å². The quantitative estimate of drug-likeness (QED) is 0.460. The lowest BCUT2D eigenvalue weighted by Crippen LogP contribution is -2.58. The summed E-state index contributed by atoms with van der Waals surface area (Å²) in [5.41, 5.74) is -1.41. The molecule has 2 N–H and O–H groups in total. The van der Waals surface area contributed by atoms with E-state index in [-0.39, 0.29) is 23.5 Å². The van der Waals surface area contributed by atoms with Gasteiger partial charge in [0.25, 0.3) is 11.8 Å². The maximum absolute atomic E-state index is 13.2. The normalized spacial score (nSPS) is 17.6. The molecule has 2 heterocycles. The number of aromatic hydroxyl groups is 1. The van der Waals surface area contributed by atoms with Crippen LogP contribution in [-0.2, 0) is 9.47 Å². The minimum absolute atomic E-state index is 0.156. The van der Waals surface area contributed by atoms with Crippen LogP contribution in [0.25, 0.3) is 0 Å². The van der Waals surface area contributed by atoms with Gasteiger partial charge >= 0.3 is 0 Å². The van der Waals surface area contributed by atoms with Crippen LogP contribution in [0.2, 0.25) is 0 Å². The van der Waals surface area contributed by atoms with Crippen molar-refractivity contribution in [1.29, 1.82) is 0 Å². The molecule has 1 fully saturated rings. The Morgan fingerprint density at radius 3 is 2.49 bits per heavy atom. The molecule has 0 bridgehead atoms. The van der Waals surface area contributed by atoms with Crippen molar-refractivity contribution in [3.05, 3.63) is 27.7 Å². The van der Waals surface area contributed by atoms with E-state index in [2.05, 4.69) is 17.1 Å². The second-order valence-corrected chi connectivity index (χ2v) is 9.31. The van der Waals surface area contributed by atoms with Crippen LogP contribution >= 0.6 is 0 Å². The zero-order chi connectivity index (χ0) is 25.6. The van der Waals surface area contributed by atoms with E-state index in [0.717, 1.165) is 38.8 Å². The number of nitrogens with zero attached hydrogens (tertiary/aromatic N) is 4. The number of pyridine rings is 1. The first-order chi connectivity index (χ1) is 16.8. The van der Waals surface area contributed by atoms with Gasteiger partial charge in [0.15, 0.2) is 11.4 Å². The van der Waals surface area contributed by atoms with Crippen LogP contribution in [-0.4, -0.2) is 104 Å². The fourth-order valence-electron chi connectivity index (χ4n) is 5.21. The van der Waals surface area contributed by atoms with Gasteiger partial charge in [-0.25, -0.2) is 0 Å². The summed E-state index contributed by atoms with van der Waals surface area (Å²) in [6.45, 7) is 5.56. The Morgan fingerprint density at radius 2 is 1.86 bits per heavy atom. The van der Waals surface area contributed by atoms with Crippen molar-refractivity contribution in [2.24, 2.45) is 0 Å². The first kappa shape index (κ1) is 27.0. The molecule has 0 radical (unpaired) electrons. The van der Waals surface area contributed by atoms with E-state index in [1.165, 1.54) is 29.3 Å². The Bertz CT molecular complexity index is 958. The van der Waals surface area contributed by atoms with Crippen LogP contribution in [0.15, 0.2) is 11.0 Å². The van der Waals surface area contributed by atoms with Gasteiger partial charge in [-0.1, -0.05) is 26.2 Å². The predicted molar refractivity (Wildman–Crippen MR) is 132 cm³/mol. The summed E-state index contributed by atoms with van der Waals surface area (Å²) in [5, 5.41) is 15.3. The van der Waals surface area contributed by atoms with Gasteiger partial charge in [-0.3, -0.25) is 29.0 Å². The average molecular weight is 494 g/mol. The summed E-state index contributed by atoms with van der Waals surface area (Å²) >= 11 is 0. The monoisotopic (exact) mass is 493 g/mol. The van der Waals surface area contributed by atoms with E-state index >= 15 is 0 Å². The number of carbonyl (C=O) groups excluding carboxylic acids is 2. The van der Waals surface area contributed by atoms with Crippen molar-refractivity contribution in [2.45, 2.75) is 44.6 Å². The maximum atomic E-state index is 13.2. The molecule has 11 nitrogen and oxygen atoms in total. The van der Waals surface area contributed by atoms with Crippen molar-refractivity contribution in [2.75, 3.05) is 72.3 Å². The molecule has 0 spiro atoms. The van der Waals surface area contributed by atoms with E-state index in [4.69, 9.17) is 9.47 Å². The highest BCUT2D eigenvalue weighted by Gasteiger charge is 2.38. The molecule has 2 amide bonds. The molecular weight excluding hydrogens is 454 g/mol. The topological polar surface area (TPSA) is 117 Å². The number of hydrogen-bond donors (Lipinski definition) is 2. The summed E-state index contributed by atoms with van der Waals surface area (Å²) in [5.74, 6) is -1.77. The number of likely N-dealkylation sites (N-methyl/N-ethyl adjacent to an activating group) is 1. The van der Waals surface area contributed by atoms with Crippen LogP contribution < -0.4 is 15.8 Å². The van der Waals surface area contributed by atoms with Gasteiger partial charge in [-0.05, 0) is 19.4 Å². The lowest BCUT2D eigenvalue weighted by molar-refractivity contribution is 0.0309. The van der Waals surface area contributed by atoms with Gasteiger partial charge in [0.2, 0.25) is 5.43 Å². The molecule has 2 aliphatic rings. The van der Waals surface area contributed by atoms with Crippen LogP contribution in [0.1, 0.15) is 59.9 Å². The standard InChI is InChI=1S/C24H39N5O6/c1-5-28(12-14-35-4)24(9-7-6-8-10-24)16-25-22(32)18-15-29-19(21(31)20(18)30)23(33)27(11-13-34-3)17-26(29)2/h15,31H,5-14,16-17H2,1-4H3,(H,25,32). The third-order valence-electron chi connectivity index (χ3n) is 7.19. The molecule has 0 atom stereocenters. The highest BCUT2D eigenvalue weighted by molar-refractivity contribution is 5.99. The molecular formula is C24H39N5O6. The zero-order valence-corrected chi connectivity index (χ0v) is 21.3. The van der Waals surface area contributed by atoms with E-state index in [9.17, 15) is 19.5 Å². The maximum Gasteiger partial charge on any atom is 0.277 e. The number of amides is 2. The Morgan fingerprint density at radius 1 is 1.17 bits per heavy atom. The summed E-state index contributed by atoms with van der Waals surface area (Å²) in [7, 11) is 4.93. The molecule has 1 aromatic rings. The highest BCUT2D eigenvalue weighted by Crippen LogP contribution is 2.33. The third-order valence-corrected chi connectivity index (χ3v) is 7.19. The second kappa shape index (κ2) is 11.9. The average Bonchev–Trinajstić information content (AvgIpc) is 2.86. The Labute approximate surface area is 206 Å². The number of ether oxygens (including phenoxy) is 2. The molecule has 1 aromatic heterocycles. The number of methoxy groups -OCH3 is 2. The largest absolute Gasteiger partial charge is 0.502 e. The summed E-state index contributed by atoms with van der Waals surface area (Å²) in [6.07, 6.45) is 6.57. The number of carbonyl (C=O) groups is 2. The molecule has 0 aromatic carbocycles. The fraction of sp³-hybridized carbons (Fsp3) is 0.708. The van der Waals surface area contributed by atoms with Crippen molar-refractivity contribution < 1.29 is 24.2 Å². The van der Waals surface area contributed by atoms with Gasteiger partial charge in [-0.15, -0.1) is 0 Å². The van der Waals surface area contributed by atoms with Gasteiger partial charge in [0.1, 0.15) is 12.2 Å². The number of fused-ring (bicyclic) bond motifs is 1. The van der Waals surface area contributed by atoms with Crippen molar-refractivity contribution >= 4 is 11.8 Å². The first-order valence-electron chi connectivity index (χ1n) is 12.3. The number of hydrogen-bond acceptors (Lipinski definition) is 8.